The van der Waals surface area contributed by atoms with Crippen molar-refractivity contribution in [2.24, 2.45) is 13.0 Å². The first-order valence-electron chi connectivity index (χ1n) is 6.60. The molecule has 2 rings (SSSR count). The fourth-order valence-electron chi connectivity index (χ4n) is 2.56. The van der Waals surface area contributed by atoms with Crippen LogP contribution in [0.4, 0.5) is 5.82 Å². The normalized spacial score (nSPS) is 19.5. The van der Waals surface area contributed by atoms with Gasteiger partial charge in [0.15, 0.2) is 0 Å². The molecule has 2 N–H and O–H groups in total. The zero-order valence-electron chi connectivity index (χ0n) is 11.2. The van der Waals surface area contributed by atoms with Gasteiger partial charge >= 0.3 is 0 Å². The highest BCUT2D eigenvalue weighted by atomic mass is 15.3. The number of aromatic nitrogens is 2. The molecule has 0 aliphatic carbocycles. The van der Waals surface area contributed by atoms with Crippen LogP contribution in [0.25, 0.3) is 0 Å². The Hall–Kier alpha value is -1.54. The molecule has 1 saturated heterocycles. The van der Waals surface area contributed by atoms with E-state index in [4.69, 9.17) is 5.26 Å². The molecular formula is C13H21N5. The zero-order chi connectivity index (χ0) is 13.0. The Kier molecular flexibility index (Phi) is 4.21. The van der Waals surface area contributed by atoms with Crippen LogP contribution in [0, 0.1) is 24.2 Å². The second-order valence-electron chi connectivity index (χ2n) is 4.97. The minimum atomic E-state index is 0.666. The first kappa shape index (κ1) is 12.9. The van der Waals surface area contributed by atoms with Crippen molar-refractivity contribution in [3.8, 4) is 6.07 Å². The van der Waals surface area contributed by atoms with E-state index < -0.39 is 0 Å². The van der Waals surface area contributed by atoms with Crippen LogP contribution in [-0.4, -0.2) is 29.4 Å². The third kappa shape index (κ3) is 2.82. The van der Waals surface area contributed by atoms with Crippen LogP contribution in [0.1, 0.15) is 30.5 Å². The molecule has 18 heavy (non-hydrogen) atoms. The van der Waals surface area contributed by atoms with Gasteiger partial charge in [0.1, 0.15) is 17.5 Å². The van der Waals surface area contributed by atoms with Crippen molar-refractivity contribution in [3.63, 3.8) is 0 Å². The van der Waals surface area contributed by atoms with Gasteiger partial charge in [-0.15, -0.1) is 0 Å². The fourth-order valence-corrected chi connectivity index (χ4v) is 2.56. The first-order valence-corrected chi connectivity index (χ1v) is 6.60. The molecule has 98 valence electrons. The maximum absolute atomic E-state index is 9.11. The summed E-state index contributed by atoms with van der Waals surface area (Å²) in [5, 5.41) is 20.1. The van der Waals surface area contributed by atoms with E-state index in [1.165, 1.54) is 12.8 Å². The van der Waals surface area contributed by atoms with Gasteiger partial charge in [0.25, 0.3) is 0 Å². The van der Waals surface area contributed by atoms with E-state index in [1.807, 2.05) is 14.0 Å². The Bertz CT molecular complexity index is 437. The molecule has 0 saturated carbocycles. The molecule has 2 heterocycles. The second-order valence-corrected chi connectivity index (χ2v) is 4.97. The number of hydrogen-bond acceptors (Lipinski definition) is 4. The maximum atomic E-state index is 9.11. The predicted molar refractivity (Wildman–Crippen MR) is 71.4 cm³/mol. The van der Waals surface area contributed by atoms with E-state index in [0.29, 0.717) is 5.56 Å². The third-order valence-electron chi connectivity index (χ3n) is 3.58. The van der Waals surface area contributed by atoms with E-state index in [0.717, 1.165) is 43.5 Å². The summed E-state index contributed by atoms with van der Waals surface area (Å²) in [5.41, 5.74) is 1.46. The van der Waals surface area contributed by atoms with Crippen LogP contribution in [0.15, 0.2) is 0 Å². The molecule has 1 aromatic heterocycles. The standard InChI is InChI=1S/C13H21N5/c1-10-12(8-14)13(18(2)17-10)16-7-5-11-4-3-6-15-9-11/h11,15-16H,3-7,9H2,1-2H3. The van der Waals surface area contributed by atoms with E-state index in [2.05, 4.69) is 21.8 Å². The van der Waals surface area contributed by atoms with Gasteiger partial charge in [-0.05, 0) is 45.2 Å². The van der Waals surface area contributed by atoms with Gasteiger partial charge in [-0.2, -0.15) is 10.4 Å². The van der Waals surface area contributed by atoms with Crippen molar-refractivity contribution < 1.29 is 0 Å². The molecule has 5 heteroatoms. The van der Waals surface area contributed by atoms with Gasteiger partial charge in [0, 0.05) is 13.6 Å². The average molecular weight is 247 g/mol. The van der Waals surface area contributed by atoms with Crippen molar-refractivity contribution >= 4 is 5.82 Å². The van der Waals surface area contributed by atoms with Crippen molar-refractivity contribution in [2.45, 2.75) is 26.2 Å². The van der Waals surface area contributed by atoms with Crippen LogP contribution in [-0.2, 0) is 7.05 Å². The summed E-state index contributed by atoms with van der Waals surface area (Å²) >= 11 is 0. The molecular weight excluding hydrogens is 226 g/mol. The second kappa shape index (κ2) is 5.87. The Balaban J connectivity index is 1.88. The average Bonchev–Trinajstić information content (AvgIpc) is 2.65. The molecule has 1 atom stereocenters. The highest BCUT2D eigenvalue weighted by Crippen LogP contribution is 2.19. The fraction of sp³-hybridized carbons (Fsp3) is 0.692. The lowest BCUT2D eigenvalue weighted by Gasteiger charge is -2.22. The van der Waals surface area contributed by atoms with Crippen LogP contribution >= 0.6 is 0 Å². The number of nitriles is 1. The summed E-state index contributed by atoms with van der Waals surface area (Å²) in [5.74, 6) is 1.60. The smallest absolute Gasteiger partial charge is 0.142 e. The number of aryl methyl sites for hydroxylation is 2. The lowest BCUT2D eigenvalue weighted by Crippen LogP contribution is -2.30. The van der Waals surface area contributed by atoms with Gasteiger partial charge in [0.05, 0.1) is 5.69 Å². The molecule has 0 amide bonds. The van der Waals surface area contributed by atoms with Crippen LogP contribution in [0.3, 0.4) is 0 Å². The maximum Gasteiger partial charge on any atom is 0.142 e. The van der Waals surface area contributed by atoms with E-state index in [1.54, 1.807) is 4.68 Å². The van der Waals surface area contributed by atoms with E-state index in [-0.39, 0.29) is 0 Å². The van der Waals surface area contributed by atoms with E-state index in [9.17, 15) is 0 Å². The van der Waals surface area contributed by atoms with Crippen molar-refractivity contribution in [1.82, 2.24) is 15.1 Å². The highest BCUT2D eigenvalue weighted by molar-refractivity contribution is 5.54. The van der Waals surface area contributed by atoms with Gasteiger partial charge < -0.3 is 10.6 Å². The Morgan fingerprint density at radius 3 is 3.11 bits per heavy atom. The number of piperidine rings is 1. The summed E-state index contributed by atoms with van der Waals surface area (Å²) in [7, 11) is 1.87. The number of nitrogens with zero attached hydrogens (tertiary/aromatic N) is 3. The molecule has 0 aromatic carbocycles. The van der Waals surface area contributed by atoms with Crippen LogP contribution in [0.5, 0.6) is 0 Å². The zero-order valence-corrected chi connectivity index (χ0v) is 11.2. The number of hydrogen-bond donors (Lipinski definition) is 2. The number of anilines is 1. The molecule has 0 bridgehead atoms. The minimum Gasteiger partial charge on any atom is -0.369 e. The molecule has 1 aliphatic heterocycles. The molecule has 1 unspecified atom stereocenters. The van der Waals surface area contributed by atoms with E-state index >= 15 is 0 Å². The Morgan fingerprint density at radius 2 is 2.44 bits per heavy atom. The van der Waals surface area contributed by atoms with Gasteiger partial charge in [0.2, 0.25) is 0 Å². The molecule has 5 nitrogen and oxygen atoms in total. The van der Waals surface area contributed by atoms with Gasteiger partial charge in [-0.1, -0.05) is 0 Å². The minimum absolute atomic E-state index is 0.666. The summed E-state index contributed by atoms with van der Waals surface area (Å²) in [4.78, 5) is 0. The number of rotatable bonds is 4. The van der Waals surface area contributed by atoms with Gasteiger partial charge in [-0.3, -0.25) is 4.68 Å². The highest BCUT2D eigenvalue weighted by Gasteiger charge is 2.15. The summed E-state index contributed by atoms with van der Waals surface area (Å²) in [6.07, 6.45) is 3.73. The van der Waals surface area contributed by atoms with Crippen molar-refractivity contribution in [3.05, 3.63) is 11.3 Å². The quantitative estimate of drug-likeness (QED) is 0.844. The summed E-state index contributed by atoms with van der Waals surface area (Å²) in [6, 6.07) is 2.21. The van der Waals surface area contributed by atoms with Gasteiger partial charge in [-0.25, -0.2) is 0 Å². The van der Waals surface area contributed by atoms with Crippen molar-refractivity contribution in [1.29, 1.82) is 5.26 Å². The molecule has 1 aromatic rings. The SMILES string of the molecule is Cc1nn(C)c(NCCC2CCCNC2)c1C#N. The van der Waals surface area contributed by atoms with Crippen LogP contribution < -0.4 is 10.6 Å². The van der Waals surface area contributed by atoms with Crippen LogP contribution in [0.2, 0.25) is 0 Å². The lowest BCUT2D eigenvalue weighted by atomic mass is 9.96. The molecule has 0 radical (unpaired) electrons. The molecule has 1 fully saturated rings. The monoisotopic (exact) mass is 247 g/mol. The third-order valence-corrected chi connectivity index (χ3v) is 3.58. The Morgan fingerprint density at radius 1 is 1.61 bits per heavy atom. The summed E-state index contributed by atoms with van der Waals surface area (Å²) < 4.78 is 1.76. The molecule has 0 spiro atoms. The largest absolute Gasteiger partial charge is 0.369 e. The Labute approximate surface area is 108 Å². The molecule has 1 aliphatic rings. The topological polar surface area (TPSA) is 65.7 Å². The van der Waals surface area contributed by atoms with Crippen molar-refractivity contribution in [2.75, 3.05) is 25.0 Å². The lowest BCUT2D eigenvalue weighted by molar-refractivity contribution is 0.364. The predicted octanol–water partition coefficient (Wildman–Crippen LogP) is 1.40. The summed E-state index contributed by atoms with van der Waals surface area (Å²) in [6.45, 7) is 5.05. The number of nitrogens with one attached hydrogen (secondary N) is 2. The first-order chi connectivity index (χ1) is 8.72.